The molecule has 5 heteroatoms. The SMILES string of the molecule is Cc1c(NCc2ccc(F)c(Br)c2)cccc1C(N)=O. The largest absolute Gasteiger partial charge is 0.381 e. The normalized spacial score (nSPS) is 10.3. The van der Waals surface area contributed by atoms with Crippen LogP contribution in [0, 0.1) is 12.7 Å². The van der Waals surface area contributed by atoms with Crippen LogP contribution in [0.25, 0.3) is 0 Å². The maximum absolute atomic E-state index is 13.1. The number of hydrogen-bond donors (Lipinski definition) is 2. The van der Waals surface area contributed by atoms with Crippen LogP contribution in [0.3, 0.4) is 0 Å². The number of nitrogens with one attached hydrogen (secondary N) is 1. The first-order chi connectivity index (χ1) is 9.49. The zero-order chi connectivity index (χ0) is 14.7. The van der Waals surface area contributed by atoms with Crippen LogP contribution >= 0.6 is 15.9 Å². The number of amides is 1. The van der Waals surface area contributed by atoms with Gasteiger partial charge in [0.25, 0.3) is 0 Å². The number of anilines is 1. The third-order valence-corrected chi connectivity index (χ3v) is 3.67. The van der Waals surface area contributed by atoms with Crippen molar-refractivity contribution in [3.05, 3.63) is 63.4 Å². The van der Waals surface area contributed by atoms with Crippen LogP contribution in [0.15, 0.2) is 40.9 Å². The van der Waals surface area contributed by atoms with E-state index in [1.54, 1.807) is 24.3 Å². The van der Waals surface area contributed by atoms with Crippen molar-refractivity contribution in [1.29, 1.82) is 0 Å². The van der Waals surface area contributed by atoms with E-state index in [2.05, 4.69) is 21.2 Å². The van der Waals surface area contributed by atoms with Crippen LogP contribution < -0.4 is 11.1 Å². The minimum absolute atomic E-state index is 0.291. The maximum atomic E-state index is 13.1. The lowest BCUT2D eigenvalue weighted by Crippen LogP contribution is -2.13. The fraction of sp³-hybridized carbons (Fsp3) is 0.133. The second-order valence-electron chi connectivity index (χ2n) is 4.44. The lowest BCUT2D eigenvalue weighted by Gasteiger charge is -2.12. The molecule has 0 unspecified atom stereocenters. The van der Waals surface area contributed by atoms with Crippen molar-refractivity contribution in [2.75, 3.05) is 5.32 Å². The minimum Gasteiger partial charge on any atom is -0.381 e. The van der Waals surface area contributed by atoms with Gasteiger partial charge in [0.1, 0.15) is 5.82 Å². The zero-order valence-electron chi connectivity index (χ0n) is 10.9. The Kier molecular flexibility index (Phi) is 4.39. The van der Waals surface area contributed by atoms with Crippen molar-refractivity contribution in [1.82, 2.24) is 0 Å². The van der Waals surface area contributed by atoms with Gasteiger partial charge in [-0.2, -0.15) is 0 Å². The van der Waals surface area contributed by atoms with Gasteiger partial charge in [0.05, 0.1) is 4.47 Å². The topological polar surface area (TPSA) is 55.1 Å². The van der Waals surface area contributed by atoms with Crippen molar-refractivity contribution < 1.29 is 9.18 Å². The van der Waals surface area contributed by atoms with E-state index in [1.807, 2.05) is 13.0 Å². The molecule has 3 N–H and O–H groups in total. The highest BCUT2D eigenvalue weighted by Crippen LogP contribution is 2.21. The molecule has 2 aromatic carbocycles. The average Bonchev–Trinajstić information content (AvgIpc) is 2.41. The molecule has 1 amide bonds. The molecule has 0 atom stereocenters. The summed E-state index contributed by atoms with van der Waals surface area (Å²) in [5, 5.41) is 3.22. The van der Waals surface area contributed by atoms with Gasteiger partial charge in [-0.3, -0.25) is 4.79 Å². The first kappa shape index (κ1) is 14.5. The van der Waals surface area contributed by atoms with Gasteiger partial charge in [0.15, 0.2) is 0 Å². The van der Waals surface area contributed by atoms with Gasteiger partial charge in [-0.25, -0.2) is 4.39 Å². The van der Waals surface area contributed by atoms with E-state index in [0.29, 0.717) is 16.6 Å². The molecule has 0 bridgehead atoms. The van der Waals surface area contributed by atoms with E-state index in [-0.39, 0.29) is 5.82 Å². The number of carbonyl (C=O) groups is 1. The Morgan fingerprint density at radius 1 is 1.35 bits per heavy atom. The second kappa shape index (κ2) is 6.05. The van der Waals surface area contributed by atoms with Crippen LogP contribution in [-0.2, 0) is 6.54 Å². The zero-order valence-corrected chi connectivity index (χ0v) is 12.5. The fourth-order valence-corrected chi connectivity index (χ4v) is 2.37. The fourth-order valence-electron chi connectivity index (χ4n) is 1.94. The van der Waals surface area contributed by atoms with E-state index >= 15 is 0 Å². The van der Waals surface area contributed by atoms with Gasteiger partial charge < -0.3 is 11.1 Å². The average molecular weight is 337 g/mol. The predicted molar refractivity (Wildman–Crippen MR) is 81.1 cm³/mol. The Hall–Kier alpha value is -1.88. The standard InChI is InChI=1S/C15H14BrFN2O/c1-9-11(15(18)20)3-2-4-14(9)19-8-10-5-6-13(17)12(16)7-10/h2-7,19H,8H2,1H3,(H2,18,20). The molecular formula is C15H14BrFN2O. The van der Waals surface area contributed by atoms with Crippen LogP contribution in [0.2, 0.25) is 0 Å². The van der Waals surface area contributed by atoms with E-state index in [0.717, 1.165) is 16.8 Å². The molecule has 0 aromatic heterocycles. The number of benzene rings is 2. The Labute approximate surface area is 125 Å². The lowest BCUT2D eigenvalue weighted by atomic mass is 10.1. The maximum Gasteiger partial charge on any atom is 0.249 e. The lowest BCUT2D eigenvalue weighted by molar-refractivity contribution is 0.1000. The van der Waals surface area contributed by atoms with E-state index < -0.39 is 5.91 Å². The molecule has 0 fully saturated rings. The van der Waals surface area contributed by atoms with Crippen LogP contribution in [0.1, 0.15) is 21.5 Å². The highest BCUT2D eigenvalue weighted by atomic mass is 79.9. The number of nitrogens with two attached hydrogens (primary N) is 1. The van der Waals surface area contributed by atoms with Crippen LogP contribution in [-0.4, -0.2) is 5.91 Å². The quantitative estimate of drug-likeness (QED) is 0.896. The van der Waals surface area contributed by atoms with Crippen molar-refractivity contribution in [3.63, 3.8) is 0 Å². The molecule has 0 saturated carbocycles. The Bertz CT molecular complexity index is 658. The minimum atomic E-state index is -0.448. The molecule has 0 aliphatic carbocycles. The molecular weight excluding hydrogens is 323 g/mol. The highest BCUT2D eigenvalue weighted by molar-refractivity contribution is 9.10. The number of primary amides is 1. The summed E-state index contributed by atoms with van der Waals surface area (Å²) in [6.07, 6.45) is 0. The molecule has 20 heavy (non-hydrogen) atoms. The van der Waals surface area contributed by atoms with Gasteiger partial charge >= 0.3 is 0 Å². The number of halogens is 2. The number of rotatable bonds is 4. The third kappa shape index (κ3) is 3.17. The van der Waals surface area contributed by atoms with E-state index in [9.17, 15) is 9.18 Å². The van der Waals surface area contributed by atoms with Crippen molar-refractivity contribution in [3.8, 4) is 0 Å². The molecule has 0 heterocycles. The summed E-state index contributed by atoms with van der Waals surface area (Å²) in [6.45, 7) is 2.37. The van der Waals surface area contributed by atoms with Gasteiger partial charge in [0.2, 0.25) is 5.91 Å². The van der Waals surface area contributed by atoms with Crippen molar-refractivity contribution >= 4 is 27.5 Å². The van der Waals surface area contributed by atoms with Gasteiger partial charge in [-0.15, -0.1) is 0 Å². The van der Waals surface area contributed by atoms with E-state index in [1.165, 1.54) is 6.07 Å². The summed E-state index contributed by atoms with van der Waals surface area (Å²) in [4.78, 5) is 11.3. The van der Waals surface area contributed by atoms with Crippen molar-refractivity contribution in [2.24, 2.45) is 5.73 Å². The number of hydrogen-bond acceptors (Lipinski definition) is 2. The van der Waals surface area contributed by atoms with E-state index in [4.69, 9.17) is 5.73 Å². The Morgan fingerprint density at radius 2 is 2.10 bits per heavy atom. The molecule has 104 valence electrons. The third-order valence-electron chi connectivity index (χ3n) is 3.07. The van der Waals surface area contributed by atoms with Gasteiger partial charge in [-0.05, 0) is 58.2 Å². The smallest absolute Gasteiger partial charge is 0.249 e. The molecule has 0 radical (unpaired) electrons. The predicted octanol–water partition coefficient (Wildman–Crippen LogP) is 3.61. The first-order valence-corrected chi connectivity index (χ1v) is 6.85. The molecule has 0 saturated heterocycles. The number of carbonyl (C=O) groups excluding carboxylic acids is 1. The molecule has 2 rings (SSSR count). The first-order valence-electron chi connectivity index (χ1n) is 6.06. The summed E-state index contributed by atoms with van der Waals surface area (Å²) in [5.41, 5.74) is 8.38. The van der Waals surface area contributed by atoms with Gasteiger partial charge in [-0.1, -0.05) is 12.1 Å². The van der Waals surface area contributed by atoms with Crippen LogP contribution in [0.5, 0.6) is 0 Å². The summed E-state index contributed by atoms with van der Waals surface area (Å²) in [6, 6.07) is 10.2. The molecule has 0 spiro atoms. The monoisotopic (exact) mass is 336 g/mol. The Balaban J connectivity index is 2.17. The molecule has 3 nitrogen and oxygen atoms in total. The summed E-state index contributed by atoms with van der Waals surface area (Å²) < 4.78 is 13.6. The van der Waals surface area contributed by atoms with Crippen LogP contribution in [0.4, 0.5) is 10.1 Å². The van der Waals surface area contributed by atoms with Gasteiger partial charge in [0, 0.05) is 17.8 Å². The summed E-state index contributed by atoms with van der Waals surface area (Å²) in [7, 11) is 0. The van der Waals surface area contributed by atoms with Crippen molar-refractivity contribution in [2.45, 2.75) is 13.5 Å². The highest BCUT2D eigenvalue weighted by Gasteiger charge is 2.08. The summed E-state index contributed by atoms with van der Waals surface area (Å²) in [5.74, 6) is -0.740. The molecule has 0 aliphatic heterocycles. The summed E-state index contributed by atoms with van der Waals surface area (Å²) >= 11 is 3.15. The molecule has 0 aliphatic rings. The Morgan fingerprint density at radius 3 is 2.75 bits per heavy atom. The second-order valence-corrected chi connectivity index (χ2v) is 5.30. The molecule has 2 aromatic rings.